The van der Waals surface area contributed by atoms with Crippen LogP contribution in [-0.4, -0.2) is 30.7 Å². The van der Waals surface area contributed by atoms with E-state index in [1.807, 2.05) is 24.3 Å². The van der Waals surface area contributed by atoms with Crippen molar-refractivity contribution in [1.29, 1.82) is 0 Å². The third-order valence-electron chi connectivity index (χ3n) is 5.52. The third kappa shape index (κ3) is 9.42. The van der Waals surface area contributed by atoms with Gasteiger partial charge in [-0.3, -0.25) is 0 Å². The fourth-order valence-electron chi connectivity index (χ4n) is 3.71. The Bertz CT molecular complexity index is 487. The number of rotatable bonds is 12. The van der Waals surface area contributed by atoms with Crippen molar-refractivity contribution in [2.75, 3.05) is 26.2 Å². The van der Waals surface area contributed by atoms with Crippen LogP contribution < -0.4 is 0 Å². The van der Waals surface area contributed by atoms with Gasteiger partial charge in [0.2, 0.25) is 0 Å². The molecular weight excluding hydrogens is 326 g/mol. The lowest BCUT2D eigenvalue weighted by Gasteiger charge is -2.39. The van der Waals surface area contributed by atoms with Crippen LogP contribution in [0.2, 0.25) is 0 Å². The van der Waals surface area contributed by atoms with E-state index in [4.69, 9.17) is 0 Å². The molecule has 2 rings (SSSR count). The van der Waals surface area contributed by atoms with E-state index in [1.54, 1.807) is 0 Å². The highest BCUT2D eigenvalue weighted by Gasteiger charge is 2.24. The van der Waals surface area contributed by atoms with Crippen molar-refractivity contribution in [2.45, 2.75) is 79.1 Å². The standard InChI is InChI=1S/C16H36N.C10H7/c1-5-9-13-17(14-10-6-2,15-11-7-3)16-12-8-4;1-2-6-10-8-4-3-7-9(10)5-1/h5-16H2,1-4H3;1-7H/q+1;. The van der Waals surface area contributed by atoms with Crippen LogP contribution in [-0.2, 0) is 0 Å². The predicted molar refractivity (Wildman–Crippen MR) is 122 cm³/mol. The number of unbranched alkanes of at least 4 members (excludes halogenated alkanes) is 4. The van der Waals surface area contributed by atoms with Crippen LogP contribution >= 0.6 is 0 Å². The molecule has 0 aliphatic carbocycles. The summed E-state index contributed by atoms with van der Waals surface area (Å²) in [7, 11) is 0. The molecule has 0 aliphatic heterocycles. The first-order valence-electron chi connectivity index (χ1n) is 11.4. The highest BCUT2D eigenvalue weighted by molar-refractivity contribution is 5.81. The minimum Gasteiger partial charge on any atom is -0.324 e. The molecule has 2 aromatic rings. The smallest absolute Gasteiger partial charge is 0.0786 e. The van der Waals surface area contributed by atoms with Gasteiger partial charge in [0.15, 0.2) is 0 Å². The van der Waals surface area contributed by atoms with Crippen molar-refractivity contribution in [3.63, 3.8) is 0 Å². The SMILES string of the molecule is CCCC[N+](CCCC)(CCCC)CCCC.[c]1cccc2ccccc12. The van der Waals surface area contributed by atoms with E-state index >= 15 is 0 Å². The van der Waals surface area contributed by atoms with E-state index in [1.165, 1.54) is 92.8 Å². The Morgan fingerprint density at radius 1 is 0.630 bits per heavy atom. The number of hydrogen-bond donors (Lipinski definition) is 0. The van der Waals surface area contributed by atoms with Crippen molar-refractivity contribution in [1.82, 2.24) is 0 Å². The van der Waals surface area contributed by atoms with E-state index in [2.05, 4.69) is 52.0 Å². The number of benzene rings is 2. The van der Waals surface area contributed by atoms with Crippen molar-refractivity contribution in [3.05, 3.63) is 48.5 Å². The number of fused-ring (bicyclic) bond motifs is 1. The van der Waals surface area contributed by atoms with Crippen LogP contribution in [0.4, 0.5) is 0 Å². The Kier molecular flexibility index (Phi) is 12.9. The maximum Gasteiger partial charge on any atom is 0.0786 e. The zero-order valence-electron chi connectivity index (χ0n) is 18.5. The van der Waals surface area contributed by atoms with E-state index < -0.39 is 0 Å². The van der Waals surface area contributed by atoms with E-state index in [-0.39, 0.29) is 0 Å². The number of hydrogen-bond acceptors (Lipinski definition) is 0. The van der Waals surface area contributed by atoms with Gasteiger partial charge in [-0.1, -0.05) is 95.8 Å². The van der Waals surface area contributed by atoms with Gasteiger partial charge in [-0.2, -0.15) is 0 Å². The zero-order chi connectivity index (χ0) is 19.8. The molecule has 2 aromatic carbocycles. The van der Waals surface area contributed by atoms with E-state index in [0.717, 1.165) is 0 Å². The molecule has 0 N–H and O–H groups in total. The first-order valence-corrected chi connectivity index (χ1v) is 11.4. The van der Waals surface area contributed by atoms with Gasteiger partial charge in [0.25, 0.3) is 0 Å². The molecular formula is C26H43N+. The monoisotopic (exact) mass is 369 g/mol. The van der Waals surface area contributed by atoms with Gasteiger partial charge in [0.05, 0.1) is 26.2 Å². The fourth-order valence-corrected chi connectivity index (χ4v) is 3.71. The lowest BCUT2D eigenvalue weighted by molar-refractivity contribution is -0.929. The molecule has 1 heteroatoms. The summed E-state index contributed by atoms with van der Waals surface area (Å²) in [5.74, 6) is 0. The van der Waals surface area contributed by atoms with Crippen LogP contribution in [0.3, 0.4) is 0 Å². The summed E-state index contributed by atoms with van der Waals surface area (Å²) >= 11 is 0. The topological polar surface area (TPSA) is 0 Å². The Morgan fingerprint density at radius 2 is 1.07 bits per heavy atom. The lowest BCUT2D eigenvalue weighted by atomic mass is 10.1. The van der Waals surface area contributed by atoms with Crippen molar-refractivity contribution in [3.8, 4) is 0 Å². The first kappa shape index (κ1) is 23.7. The summed E-state index contributed by atoms with van der Waals surface area (Å²) in [5, 5.41) is 2.44. The molecule has 0 bridgehead atoms. The number of quaternary nitrogens is 1. The average molecular weight is 370 g/mol. The van der Waals surface area contributed by atoms with Crippen LogP contribution in [0.15, 0.2) is 42.5 Å². The molecule has 0 heterocycles. The minimum absolute atomic E-state index is 1.19. The molecule has 0 aliphatic rings. The second kappa shape index (κ2) is 14.7. The van der Waals surface area contributed by atoms with Crippen molar-refractivity contribution in [2.24, 2.45) is 0 Å². The molecule has 0 fully saturated rings. The van der Waals surface area contributed by atoms with Crippen molar-refractivity contribution >= 4 is 10.8 Å². The van der Waals surface area contributed by atoms with Gasteiger partial charge in [-0.05, 0) is 42.5 Å². The van der Waals surface area contributed by atoms with Crippen LogP contribution in [0, 0.1) is 6.07 Å². The Hall–Kier alpha value is -1.34. The normalized spacial score (nSPS) is 11.3. The summed E-state index contributed by atoms with van der Waals surface area (Å²) < 4.78 is 1.42. The van der Waals surface area contributed by atoms with Gasteiger partial charge in [-0.25, -0.2) is 0 Å². The lowest BCUT2D eigenvalue weighted by Crippen LogP contribution is -2.50. The van der Waals surface area contributed by atoms with Gasteiger partial charge in [0.1, 0.15) is 0 Å². The molecule has 1 radical (unpaired) electrons. The van der Waals surface area contributed by atoms with E-state index in [9.17, 15) is 0 Å². The van der Waals surface area contributed by atoms with Crippen LogP contribution in [0.1, 0.15) is 79.1 Å². The van der Waals surface area contributed by atoms with Gasteiger partial charge < -0.3 is 4.48 Å². The Morgan fingerprint density at radius 3 is 1.52 bits per heavy atom. The quantitative estimate of drug-likeness (QED) is 0.337. The second-order valence-corrected chi connectivity index (χ2v) is 7.91. The van der Waals surface area contributed by atoms with Gasteiger partial charge in [-0.15, -0.1) is 0 Å². The summed E-state index contributed by atoms with van der Waals surface area (Å²) in [6, 6.07) is 17.4. The summed E-state index contributed by atoms with van der Waals surface area (Å²) in [6.45, 7) is 15.0. The second-order valence-electron chi connectivity index (χ2n) is 7.91. The highest BCUT2D eigenvalue weighted by atomic mass is 15.3. The van der Waals surface area contributed by atoms with E-state index in [0.29, 0.717) is 0 Å². The molecule has 0 aromatic heterocycles. The van der Waals surface area contributed by atoms with Crippen molar-refractivity contribution < 1.29 is 4.48 Å². The molecule has 0 atom stereocenters. The first-order chi connectivity index (χ1) is 13.2. The maximum atomic E-state index is 3.15. The molecule has 0 unspecified atom stereocenters. The predicted octanol–water partition coefficient (Wildman–Crippen LogP) is 7.64. The van der Waals surface area contributed by atoms with Gasteiger partial charge in [0, 0.05) is 0 Å². The maximum absolute atomic E-state index is 3.15. The summed E-state index contributed by atoms with van der Waals surface area (Å²) in [4.78, 5) is 0. The Balaban J connectivity index is 0.000000303. The number of nitrogens with zero attached hydrogens (tertiary/aromatic N) is 1. The third-order valence-corrected chi connectivity index (χ3v) is 5.52. The molecule has 0 saturated carbocycles. The molecule has 0 saturated heterocycles. The molecule has 151 valence electrons. The molecule has 0 amide bonds. The van der Waals surface area contributed by atoms with Crippen LogP contribution in [0.25, 0.3) is 10.8 Å². The fraction of sp³-hybridized carbons (Fsp3) is 0.615. The zero-order valence-corrected chi connectivity index (χ0v) is 18.5. The largest absolute Gasteiger partial charge is 0.324 e. The van der Waals surface area contributed by atoms with Crippen LogP contribution in [0.5, 0.6) is 0 Å². The minimum atomic E-state index is 1.19. The summed E-state index contributed by atoms with van der Waals surface area (Å²) in [5.41, 5.74) is 0. The summed E-state index contributed by atoms with van der Waals surface area (Å²) in [6.07, 6.45) is 11.1. The highest BCUT2D eigenvalue weighted by Crippen LogP contribution is 2.16. The van der Waals surface area contributed by atoms with Gasteiger partial charge >= 0.3 is 0 Å². The average Bonchev–Trinajstić information content (AvgIpc) is 2.73. The molecule has 0 spiro atoms. The molecule has 1 nitrogen and oxygen atoms in total. The Labute approximate surface area is 169 Å². The molecule has 27 heavy (non-hydrogen) atoms.